The first-order valence-corrected chi connectivity index (χ1v) is 10.3. The highest BCUT2D eigenvalue weighted by Gasteiger charge is 2.22. The molecule has 0 aliphatic carbocycles. The number of fused-ring (bicyclic) bond motifs is 1. The molecule has 0 bridgehead atoms. The van der Waals surface area contributed by atoms with Crippen LogP contribution in [0.15, 0.2) is 29.3 Å². The molecule has 1 aromatic carbocycles. The maximum atomic E-state index is 5.21. The number of methoxy groups -OCH3 is 2. The molecule has 8 nitrogen and oxygen atoms in total. The number of hydrogen-bond donors (Lipinski definition) is 2. The third-order valence-corrected chi connectivity index (χ3v) is 4.91. The molecule has 2 heterocycles. The Morgan fingerprint density at radius 3 is 2.83 bits per heavy atom. The van der Waals surface area contributed by atoms with Crippen LogP contribution < -0.4 is 15.4 Å². The summed E-state index contributed by atoms with van der Waals surface area (Å²) in [5, 5.41) is 11.4. The van der Waals surface area contributed by atoms with Gasteiger partial charge in [-0.15, -0.1) is 0 Å². The van der Waals surface area contributed by atoms with Crippen LogP contribution in [0.3, 0.4) is 0 Å². The second kappa shape index (κ2) is 10.8. The Morgan fingerprint density at radius 2 is 2.10 bits per heavy atom. The molecule has 0 saturated carbocycles. The summed E-state index contributed by atoms with van der Waals surface area (Å²) in [6.45, 7) is 4.95. The van der Waals surface area contributed by atoms with E-state index in [4.69, 9.17) is 14.5 Å². The van der Waals surface area contributed by atoms with Gasteiger partial charge >= 0.3 is 0 Å². The number of guanidine groups is 1. The normalized spacial score (nSPS) is 16.4. The van der Waals surface area contributed by atoms with Crippen molar-refractivity contribution in [2.75, 3.05) is 27.3 Å². The molecular weight excluding hydrogens is 368 g/mol. The number of aromatic nitrogens is 3. The topological polar surface area (TPSA) is 85.6 Å². The van der Waals surface area contributed by atoms with Gasteiger partial charge in [-0.2, -0.15) is 5.10 Å². The lowest BCUT2D eigenvalue weighted by Gasteiger charge is -2.25. The Kier molecular flexibility index (Phi) is 7.86. The molecule has 1 atom stereocenters. The average Bonchev–Trinajstić information content (AvgIpc) is 3.13. The van der Waals surface area contributed by atoms with Crippen molar-refractivity contribution < 1.29 is 9.47 Å². The summed E-state index contributed by atoms with van der Waals surface area (Å²) >= 11 is 0. The Bertz CT molecular complexity index is 787. The van der Waals surface area contributed by atoms with Gasteiger partial charge in [0.1, 0.15) is 18.2 Å². The van der Waals surface area contributed by atoms with Crippen LogP contribution in [-0.2, 0) is 30.7 Å². The summed E-state index contributed by atoms with van der Waals surface area (Å²) in [6.07, 6.45) is 3.93. The molecule has 0 amide bonds. The van der Waals surface area contributed by atoms with Crippen LogP contribution in [0.5, 0.6) is 5.75 Å². The Labute approximate surface area is 172 Å². The maximum absolute atomic E-state index is 5.21. The number of nitrogens with zero attached hydrogens (tertiary/aromatic N) is 4. The molecule has 1 unspecified atom stereocenters. The third-order valence-electron chi connectivity index (χ3n) is 4.91. The van der Waals surface area contributed by atoms with Gasteiger partial charge in [0.15, 0.2) is 11.8 Å². The monoisotopic (exact) mass is 400 g/mol. The lowest BCUT2D eigenvalue weighted by molar-refractivity contribution is 0.177. The largest absolute Gasteiger partial charge is 0.497 e. The molecule has 158 valence electrons. The number of aliphatic imine (C=N–C) groups is 1. The van der Waals surface area contributed by atoms with Crippen molar-refractivity contribution >= 4 is 5.96 Å². The first-order valence-electron chi connectivity index (χ1n) is 10.3. The molecule has 1 aliphatic rings. The van der Waals surface area contributed by atoms with E-state index in [2.05, 4.69) is 39.8 Å². The fourth-order valence-electron chi connectivity index (χ4n) is 3.45. The fraction of sp³-hybridized carbons (Fsp3) is 0.571. The van der Waals surface area contributed by atoms with E-state index in [1.54, 1.807) is 14.2 Å². The standard InChI is InChI=1S/C21H32N6O2/c1-4-22-21(23-13-5-6-16-7-10-18(29-3)11-8-16)24-17-9-12-20-25-19(15-28-2)26-27(20)14-17/h7-8,10-11,17H,4-6,9,12-15H2,1-3H3,(H2,22,23,24). The molecule has 1 aromatic heterocycles. The maximum Gasteiger partial charge on any atom is 0.191 e. The van der Waals surface area contributed by atoms with Crippen LogP contribution in [0.1, 0.15) is 37.0 Å². The van der Waals surface area contributed by atoms with Crippen molar-refractivity contribution in [3.05, 3.63) is 41.5 Å². The van der Waals surface area contributed by atoms with E-state index < -0.39 is 0 Å². The third kappa shape index (κ3) is 6.19. The molecule has 0 saturated heterocycles. The highest BCUT2D eigenvalue weighted by molar-refractivity contribution is 5.80. The van der Waals surface area contributed by atoms with Crippen molar-refractivity contribution in [2.24, 2.45) is 4.99 Å². The summed E-state index contributed by atoms with van der Waals surface area (Å²) in [7, 11) is 3.35. The number of nitrogens with one attached hydrogen (secondary N) is 2. The van der Waals surface area contributed by atoms with Gasteiger partial charge in [0.05, 0.1) is 13.7 Å². The predicted molar refractivity (Wildman–Crippen MR) is 113 cm³/mol. The molecule has 3 rings (SSSR count). The summed E-state index contributed by atoms with van der Waals surface area (Å²) in [4.78, 5) is 9.29. The zero-order valence-electron chi connectivity index (χ0n) is 17.6. The second-order valence-corrected chi connectivity index (χ2v) is 7.15. The average molecular weight is 401 g/mol. The molecule has 1 aliphatic heterocycles. The van der Waals surface area contributed by atoms with Gasteiger partial charge in [0.25, 0.3) is 0 Å². The van der Waals surface area contributed by atoms with Crippen molar-refractivity contribution in [1.29, 1.82) is 0 Å². The quantitative estimate of drug-likeness (QED) is 0.380. The molecule has 0 fully saturated rings. The minimum absolute atomic E-state index is 0.291. The smallest absolute Gasteiger partial charge is 0.191 e. The Hall–Kier alpha value is -2.61. The van der Waals surface area contributed by atoms with Crippen LogP contribution in [0, 0.1) is 0 Å². The number of ether oxygens (including phenoxy) is 2. The lowest BCUT2D eigenvalue weighted by atomic mass is 10.1. The summed E-state index contributed by atoms with van der Waals surface area (Å²) < 4.78 is 12.3. The van der Waals surface area contributed by atoms with E-state index in [9.17, 15) is 0 Å². The van der Waals surface area contributed by atoms with Crippen molar-refractivity contribution in [2.45, 2.75) is 51.8 Å². The highest BCUT2D eigenvalue weighted by atomic mass is 16.5. The van der Waals surface area contributed by atoms with Gasteiger partial charge in [-0.1, -0.05) is 12.1 Å². The zero-order chi connectivity index (χ0) is 20.5. The van der Waals surface area contributed by atoms with Gasteiger partial charge in [0, 0.05) is 32.7 Å². The summed E-state index contributed by atoms with van der Waals surface area (Å²) in [5.74, 6) is 3.55. The van der Waals surface area contributed by atoms with E-state index in [0.717, 1.165) is 68.7 Å². The Morgan fingerprint density at radius 1 is 1.28 bits per heavy atom. The SMILES string of the molecule is CCNC(=NCCCc1ccc(OC)cc1)NC1CCc2nc(COC)nn2C1. The number of hydrogen-bond acceptors (Lipinski definition) is 5. The Balaban J connectivity index is 1.49. The molecule has 29 heavy (non-hydrogen) atoms. The molecule has 2 aromatic rings. The predicted octanol–water partition coefficient (Wildman–Crippen LogP) is 1.94. The van der Waals surface area contributed by atoms with E-state index in [1.165, 1.54) is 5.56 Å². The van der Waals surface area contributed by atoms with E-state index in [-0.39, 0.29) is 0 Å². The molecule has 0 radical (unpaired) electrons. The molecule has 0 spiro atoms. The van der Waals surface area contributed by atoms with Gasteiger partial charge in [-0.3, -0.25) is 4.99 Å². The lowest BCUT2D eigenvalue weighted by Crippen LogP contribution is -2.47. The van der Waals surface area contributed by atoms with E-state index in [1.807, 2.05) is 16.8 Å². The van der Waals surface area contributed by atoms with Gasteiger partial charge in [-0.05, 0) is 43.9 Å². The van der Waals surface area contributed by atoms with Crippen LogP contribution in [0.25, 0.3) is 0 Å². The van der Waals surface area contributed by atoms with Crippen LogP contribution in [0.4, 0.5) is 0 Å². The first-order chi connectivity index (χ1) is 14.2. The molecular formula is C21H32N6O2. The van der Waals surface area contributed by atoms with E-state index in [0.29, 0.717) is 12.6 Å². The highest BCUT2D eigenvalue weighted by Crippen LogP contribution is 2.14. The van der Waals surface area contributed by atoms with Crippen LogP contribution in [-0.4, -0.2) is 54.1 Å². The second-order valence-electron chi connectivity index (χ2n) is 7.15. The zero-order valence-corrected chi connectivity index (χ0v) is 17.6. The van der Waals surface area contributed by atoms with Crippen molar-refractivity contribution in [1.82, 2.24) is 25.4 Å². The number of benzene rings is 1. The van der Waals surface area contributed by atoms with Gasteiger partial charge < -0.3 is 20.1 Å². The number of rotatable bonds is 9. The van der Waals surface area contributed by atoms with Gasteiger partial charge in [0.2, 0.25) is 0 Å². The summed E-state index contributed by atoms with van der Waals surface area (Å²) in [6, 6.07) is 8.52. The van der Waals surface area contributed by atoms with Crippen LogP contribution >= 0.6 is 0 Å². The van der Waals surface area contributed by atoms with E-state index >= 15 is 0 Å². The van der Waals surface area contributed by atoms with Gasteiger partial charge in [-0.25, -0.2) is 9.67 Å². The number of aryl methyl sites for hydroxylation is 2. The minimum Gasteiger partial charge on any atom is -0.497 e. The van der Waals surface area contributed by atoms with Crippen molar-refractivity contribution in [3.8, 4) is 5.75 Å². The molecule has 8 heteroatoms. The fourth-order valence-corrected chi connectivity index (χ4v) is 3.45. The minimum atomic E-state index is 0.291. The summed E-state index contributed by atoms with van der Waals surface area (Å²) in [5.41, 5.74) is 1.30. The molecule has 2 N–H and O–H groups in total. The van der Waals surface area contributed by atoms with Crippen molar-refractivity contribution in [3.63, 3.8) is 0 Å². The first kappa shape index (κ1) is 21.1. The van der Waals surface area contributed by atoms with Crippen LogP contribution in [0.2, 0.25) is 0 Å².